The lowest BCUT2D eigenvalue weighted by Crippen LogP contribution is -2.11. The number of nitrogens with one attached hydrogen (secondary N) is 1. The van der Waals surface area contributed by atoms with Crippen LogP contribution in [0.1, 0.15) is 46.5 Å². The Kier molecular flexibility index (Phi) is 5.48. The number of carbonyl (C=O) groups is 1. The third-order valence-corrected chi connectivity index (χ3v) is 4.64. The molecule has 0 atom stereocenters. The summed E-state index contributed by atoms with van der Waals surface area (Å²) in [5, 5.41) is 0. The van der Waals surface area contributed by atoms with E-state index in [0.29, 0.717) is 11.3 Å². The van der Waals surface area contributed by atoms with Crippen molar-refractivity contribution in [2.45, 2.75) is 27.7 Å². The average molecular weight is 357 g/mol. The normalized spacial score (nSPS) is 12.1. The van der Waals surface area contributed by atoms with Gasteiger partial charge in [0, 0.05) is 5.56 Å². The van der Waals surface area contributed by atoms with Gasteiger partial charge in [-0.1, -0.05) is 36.4 Å². The molecule has 1 N–H and O–H groups in total. The van der Waals surface area contributed by atoms with Crippen LogP contribution in [0.25, 0.3) is 5.57 Å². The number of hydrogen-bond acceptors (Lipinski definition) is 3. The van der Waals surface area contributed by atoms with Crippen molar-refractivity contribution >= 4 is 27.1 Å². The Balaban J connectivity index is 2.65. The molecule has 0 saturated carbocycles. The van der Waals surface area contributed by atoms with Gasteiger partial charge >= 0.3 is 0 Å². The summed E-state index contributed by atoms with van der Waals surface area (Å²) in [7, 11) is -3.37. The van der Waals surface area contributed by atoms with E-state index in [1.54, 1.807) is 6.92 Å². The first-order valence-electron chi connectivity index (χ1n) is 8.00. The van der Waals surface area contributed by atoms with Crippen molar-refractivity contribution in [1.29, 1.82) is 0 Å². The number of anilines is 1. The van der Waals surface area contributed by atoms with Crippen LogP contribution in [0.5, 0.6) is 0 Å². The van der Waals surface area contributed by atoms with Crippen LogP contribution in [-0.4, -0.2) is 20.5 Å². The molecule has 0 aliphatic rings. The molecule has 0 saturated heterocycles. The van der Waals surface area contributed by atoms with E-state index in [1.165, 1.54) is 0 Å². The maximum atomic E-state index is 12.1. The lowest BCUT2D eigenvalue weighted by molar-refractivity contribution is 0.101. The van der Waals surface area contributed by atoms with Gasteiger partial charge in [0.15, 0.2) is 5.78 Å². The minimum Gasteiger partial charge on any atom is -0.294 e. The van der Waals surface area contributed by atoms with Crippen LogP contribution in [0.2, 0.25) is 0 Å². The maximum absolute atomic E-state index is 12.1. The summed E-state index contributed by atoms with van der Waals surface area (Å²) in [6.45, 7) is 7.28. The molecular weight excluding hydrogens is 334 g/mol. The van der Waals surface area contributed by atoms with E-state index >= 15 is 0 Å². The van der Waals surface area contributed by atoms with Crippen molar-refractivity contribution in [3.8, 4) is 0 Å². The third-order valence-electron chi connectivity index (χ3n) is 4.05. The van der Waals surface area contributed by atoms with Gasteiger partial charge in [-0.25, -0.2) is 8.42 Å². The standard InChI is InChI=1S/C20H23NO3S/c1-6-17(20-14(3)8-7-9-18(20)15(4)22)16-11-10-13(2)19(12-16)21-25(5,23)24/h6-12,21H,1-5H3/b17-6-. The molecule has 0 fully saturated rings. The molecule has 0 heterocycles. The van der Waals surface area contributed by atoms with Crippen molar-refractivity contribution in [3.05, 3.63) is 70.3 Å². The smallest absolute Gasteiger partial charge is 0.229 e. The van der Waals surface area contributed by atoms with Gasteiger partial charge in [0.2, 0.25) is 10.0 Å². The van der Waals surface area contributed by atoms with E-state index < -0.39 is 10.0 Å². The summed E-state index contributed by atoms with van der Waals surface area (Å²) < 4.78 is 25.8. The van der Waals surface area contributed by atoms with Crippen LogP contribution in [0.3, 0.4) is 0 Å². The van der Waals surface area contributed by atoms with Gasteiger partial charge in [0.05, 0.1) is 11.9 Å². The van der Waals surface area contributed by atoms with E-state index in [0.717, 1.165) is 34.1 Å². The summed E-state index contributed by atoms with van der Waals surface area (Å²) in [5.74, 6) is -0.000328. The fraction of sp³-hybridized carbons (Fsp3) is 0.250. The van der Waals surface area contributed by atoms with Crippen LogP contribution in [0.4, 0.5) is 5.69 Å². The molecule has 5 heteroatoms. The van der Waals surface area contributed by atoms with Crippen molar-refractivity contribution in [2.75, 3.05) is 11.0 Å². The molecule has 0 spiro atoms. The van der Waals surface area contributed by atoms with Crippen LogP contribution < -0.4 is 4.72 Å². The number of sulfonamides is 1. The third kappa shape index (κ3) is 4.37. The topological polar surface area (TPSA) is 63.2 Å². The highest BCUT2D eigenvalue weighted by atomic mass is 32.2. The lowest BCUT2D eigenvalue weighted by Gasteiger charge is -2.17. The monoisotopic (exact) mass is 357 g/mol. The molecule has 25 heavy (non-hydrogen) atoms. The van der Waals surface area contributed by atoms with Crippen LogP contribution in [-0.2, 0) is 10.0 Å². The summed E-state index contributed by atoms with van der Waals surface area (Å²) in [5.41, 5.74) is 5.67. The van der Waals surface area contributed by atoms with Gasteiger partial charge in [-0.05, 0) is 61.6 Å². The number of ketones is 1. The van der Waals surface area contributed by atoms with Gasteiger partial charge in [-0.3, -0.25) is 9.52 Å². The number of hydrogen-bond donors (Lipinski definition) is 1. The quantitative estimate of drug-likeness (QED) is 0.810. The summed E-state index contributed by atoms with van der Waals surface area (Å²) in [6.07, 6.45) is 3.08. The Hall–Kier alpha value is -2.40. The fourth-order valence-electron chi connectivity index (χ4n) is 2.87. The van der Waals surface area contributed by atoms with Gasteiger partial charge in [0.25, 0.3) is 0 Å². The lowest BCUT2D eigenvalue weighted by atomic mass is 9.88. The number of aryl methyl sites for hydroxylation is 2. The second-order valence-corrected chi connectivity index (χ2v) is 7.91. The Bertz CT molecular complexity index is 957. The largest absolute Gasteiger partial charge is 0.294 e. The molecule has 0 aliphatic heterocycles. The SMILES string of the molecule is C/C=C(/c1ccc(C)c(NS(C)(=O)=O)c1)c1c(C)cccc1C(C)=O. The van der Waals surface area contributed by atoms with Gasteiger partial charge in [-0.2, -0.15) is 0 Å². The molecule has 2 rings (SSSR count). The van der Waals surface area contributed by atoms with Gasteiger partial charge < -0.3 is 0 Å². The fourth-order valence-corrected chi connectivity index (χ4v) is 3.49. The predicted octanol–water partition coefficient (Wildman–Crippen LogP) is 4.33. The zero-order valence-corrected chi connectivity index (χ0v) is 16.0. The summed E-state index contributed by atoms with van der Waals surface area (Å²) in [4.78, 5) is 12.1. The highest BCUT2D eigenvalue weighted by molar-refractivity contribution is 7.92. The van der Waals surface area contributed by atoms with Crippen LogP contribution >= 0.6 is 0 Å². The first-order valence-corrected chi connectivity index (χ1v) is 9.89. The van der Waals surface area contributed by atoms with Crippen molar-refractivity contribution in [2.24, 2.45) is 0 Å². The van der Waals surface area contributed by atoms with Crippen molar-refractivity contribution < 1.29 is 13.2 Å². The molecule has 0 radical (unpaired) electrons. The summed E-state index contributed by atoms with van der Waals surface area (Å²) in [6, 6.07) is 11.3. The molecule has 4 nitrogen and oxygen atoms in total. The zero-order chi connectivity index (χ0) is 18.8. The van der Waals surface area contributed by atoms with E-state index in [1.807, 2.05) is 63.2 Å². The van der Waals surface area contributed by atoms with Crippen molar-refractivity contribution in [1.82, 2.24) is 0 Å². The highest BCUT2D eigenvalue weighted by Gasteiger charge is 2.16. The first kappa shape index (κ1) is 18.9. The molecule has 2 aromatic rings. The van der Waals surface area contributed by atoms with E-state index in [2.05, 4.69) is 4.72 Å². The number of rotatable bonds is 5. The average Bonchev–Trinajstić information content (AvgIpc) is 2.50. The number of Topliss-reactive ketones (excluding diaryl/α,β-unsaturated/α-hetero) is 1. The molecule has 0 amide bonds. The molecule has 0 aliphatic carbocycles. The Morgan fingerprint density at radius 1 is 1.08 bits per heavy atom. The van der Waals surface area contributed by atoms with E-state index in [4.69, 9.17) is 0 Å². The Labute approximate surface area is 149 Å². The maximum Gasteiger partial charge on any atom is 0.229 e. The predicted molar refractivity (Wildman–Crippen MR) is 104 cm³/mol. The van der Waals surface area contributed by atoms with Gasteiger partial charge in [0.1, 0.15) is 0 Å². The van der Waals surface area contributed by atoms with E-state index in [-0.39, 0.29) is 5.78 Å². The minimum absolute atomic E-state index is 0.000328. The van der Waals surface area contributed by atoms with Crippen molar-refractivity contribution in [3.63, 3.8) is 0 Å². The molecule has 0 unspecified atom stereocenters. The number of benzene rings is 2. The molecule has 0 aromatic heterocycles. The zero-order valence-electron chi connectivity index (χ0n) is 15.2. The minimum atomic E-state index is -3.37. The first-order chi connectivity index (χ1) is 11.6. The van der Waals surface area contributed by atoms with E-state index in [9.17, 15) is 13.2 Å². The van der Waals surface area contributed by atoms with Crippen LogP contribution in [0.15, 0.2) is 42.5 Å². The second-order valence-electron chi connectivity index (χ2n) is 6.16. The number of carbonyl (C=O) groups excluding carboxylic acids is 1. The molecular formula is C20H23NO3S. The second kappa shape index (κ2) is 7.23. The highest BCUT2D eigenvalue weighted by Crippen LogP contribution is 2.32. The summed E-state index contributed by atoms with van der Waals surface area (Å²) >= 11 is 0. The van der Waals surface area contributed by atoms with Crippen LogP contribution in [0, 0.1) is 13.8 Å². The Morgan fingerprint density at radius 2 is 1.76 bits per heavy atom. The molecule has 0 bridgehead atoms. The number of allylic oxidation sites excluding steroid dienone is 1. The molecule has 2 aromatic carbocycles. The molecule has 132 valence electrons. The Morgan fingerprint density at radius 3 is 2.32 bits per heavy atom. The van der Waals surface area contributed by atoms with Gasteiger partial charge in [-0.15, -0.1) is 0 Å².